The molecule has 0 aliphatic heterocycles. The van der Waals surface area contributed by atoms with Crippen molar-refractivity contribution in [3.05, 3.63) is 46.8 Å². The van der Waals surface area contributed by atoms with Crippen molar-refractivity contribution in [1.82, 2.24) is 19.5 Å². The zero-order valence-electron chi connectivity index (χ0n) is 15.8. The Labute approximate surface area is 156 Å². The number of aliphatic hydroxyl groups excluding tert-OH is 1. The van der Waals surface area contributed by atoms with Gasteiger partial charge in [-0.3, -0.25) is 9.78 Å². The zero-order chi connectivity index (χ0) is 19.8. The summed E-state index contributed by atoms with van der Waals surface area (Å²) in [5.74, 6) is 0.365. The molecule has 0 amide bonds. The largest absolute Gasteiger partial charge is 0.394 e. The van der Waals surface area contributed by atoms with Crippen molar-refractivity contribution in [2.75, 3.05) is 11.9 Å². The van der Waals surface area contributed by atoms with Gasteiger partial charge in [0.15, 0.2) is 0 Å². The SMILES string of the molecule is C[C@H](CO)Nc1nc(-c2ccc(C(C)(C)O)nc2)cc2ncn(C)c(=O)c12. The molecular weight excluding hydrogens is 346 g/mol. The fourth-order valence-electron chi connectivity index (χ4n) is 2.66. The third-order valence-corrected chi connectivity index (χ3v) is 4.25. The van der Waals surface area contributed by atoms with Gasteiger partial charge in [-0.15, -0.1) is 0 Å². The number of hydrogen-bond acceptors (Lipinski definition) is 7. The van der Waals surface area contributed by atoms with E-state index in [1.807, 2.05) is 6.07 Å². The van der Waals surface area contributed by atoms with Gasteiger partial charge in [-0.1, -0.05) is 0 Å². The quantitative estimate of drug-likeness (QED) is 0.623. The van der Waals surface area contributed by atoms with Crippen LogP contribution in [0.15, 0.2) is 35.5 Å². The molecule has 0 fully saturated rings. The highest BCUT2D eigenvalue weighted by atomic mass is 16.3. The molecule has 1 atom stereocenters. The van der Waals surface area contributed by atoms with E-state index in [2.05, 4.69) is 20.3 Å². The van der Waals surface area contributed by atoms with E-state index < -0.39 is 5.60 Å². The molecule has 0 unspecified atom stereocenters. The smallest absolute Gasteiger partial charge is 0.264 e. The lowest BCUT2D eigenvalue weighted by Gasteiger charge is -2.17. The van der Waals surface area contributed by atoms with Gasteiger partial charge in [0.05, 0.1) is 29.8 Å². The molecule has 0 saturated carbocycles. The van der Waals surface area contributed by atoms with E-state index in [1.165, 1.54) is 10.9 Å². The third kappa shape index (κ3) is 3.81. The van der Waals surface area contributed by atoms with Crippen LogP contribution in [0.4, 0.5) is 5.82 Å². The number of rotatable bonds is 5. The number of aromatic nitrogens is 4. The Morgan fingerprint density at radius 2 is 2.04 bits per heavy atom. The van der Waals surface area contributed by atoms with Crippen LogP contribution in [0.5, 0.6) is 0 Å². The lowest BCUT2D eigenvalue weighted by atomic mass is 10.0. The molecular formula is C19H23N5O3. The van der Waals surface area contributed by atoms with Crippen LogP contribution in [0.3, 0.4) is 0 Å². The molecule has 8 nitrogen and oxygen atoms in total. The summed E-state index contributed by atoms with van der Waals surface area (Å²) >= 11 is 0. The van der Waals surface area contributed by atoms with Crippen LogP contribution in [-0.4, -0.2) is 42.4 Å². The lowest BCUT2D eigenvalue weighted by molar-refractivity contribution is 0.0739. The van der Waals surface area contributed by atoms with E-state index in [0.29, 0.717) is 28.1 Å². The first kappa shape index (κ1) is 18.9. The topological polar surface area (TPSA) is 113 Å². The molecule has 3 aromatic heterocycles. The molecule has 0 radical (unpaired) electrons. The van der Waals surface area contributed by atoms with E-state index in [4.69, 9.17) is 0 Å². The molecule has 8 heteroatoms. The molecule has 27 heavy (non-hydrogen) atoms. The predicted octanol–water partition coefficient (Wildman–Crippen LogP) is 1.41. The Morgan fingerprint density at radius 3 is 2.63 bits per heavy atom. The maximum Gasteiger partial charge on any atom is 0.264 e. The van der Waals surface area contributed by atoms with Gasteiger partial charge in [-0.05, 0) is 39.0 Å². The maximum absolute atomic E-state index is 12.6. The van der Waals surface area contributed by atoms with Crippen LogP contribution in [-0.2, 0) is 12.6 Å². The van der Waals surface area contributed by atoms with Crippen LogP contribution in [0.1, 0.15) is 26.5 Å². The standard InChI is InChI=1S/C19H23N5O3/c1-11(9-25)22-17-16-14(21-10-24(4)18(16)26)7-13(23-17)12-5-6-15(20-8-12)19(2,3)27/h5-8,10-11,25,27H,9H2,1-4H3,(H,22,23)/t11-/m1/s1. The van der Waals surface area contributed by atoms with E-state index in [0.717, 1.165) is 5.56 Å². The fraction of sp³-hybridized carbons (Fsp3) is 0.368. The van der Waals surface area contributed by atoms with E-state index in [-0.39, 0.29) is 18.2 Å². The summed E-state index contributed by atoms with van der Waals surface area (Å²) in [4.78, 5) is 25.8. The normalized spacial score (nSPS) is 13.0. The van der Waals surface area contributed by atoms with Gasteiger partial charge in [0.2, 0.25) is 0 Å². The average molecular weight is 369 g/mol. The van der Waals surface area contributed by atoms with Gasteiger partial charge in [-0.25, -0.2) is 9.97 Å². The third-order valence-electron chi connectivity index (χ3n) is 4.25. The Hall–Kier alpha value is -2.84. The number of hydrogen-bond donors (Lipinski definition) is 3. The Bertz CT molecular complexity index is 1020. The summed E-state index contributed by atoms with van der Waals surface area (Å²) in [6.07, 6.45) is 3.09. The number of nitrogens with one attached hydrogen (secondary N) is 1. The Kier molecular flexibility index (Phi) is 4.95. The van der Waals surface area contributed by atoms with Gasteiger partial charge in [-0.2, -0.15) is 0 Å². The minimum absolute atomic E-state index is 0.101. The number of aliphatic hydroxyl groups is 2. The molecule has 0 saturated heterocycles. The summed E-state index contributed by atoms with van der Waals surface area (Å²) < 4.78 is 1.39. The van der Waals surface area contributed by atoms with Crippen molar-refractivity contribution in [3.8, 4) is 11.3 Å². The molecule has 3 N–H and O–H groups in total. The van der Waals surface area contributed by atoms with Crippen molar-refractivity contribution in [2.24, 2.45) is 7.05 Å². The van der Waals surface area contributed by atoms with Crippen molar-refractivity contribution in [3.63, 3.8) is 0 Å². The predicted molar refractivity (Wildman–Crippen MR) is 103 cm³/mol. The number of nitrogens with zero attached hydrogens (tertiary/aromatic N) is 4. The van der Waals surface area contributed by atoms with Crippen LogP contribution >= 0.6 is 0 Å². The molecule has 0 bridgehead atoms. The van der Waals surface area contributed by atoms with Crippen molar-refractivity contribution < 1.29 is 10.2 Å². The van der Waals surface area contributed by atoms with Gasteiger partial charge in [0.25, 0.3) is 5.56 Å². The summed E-state index contributed by atoms with van der Waals surface area (Å²) in [7, 11) is 1.63. The van der Waals surface area contributed by atoms with E-state index in [1.54, 1.807) is 46.1 Å². The number of fused-ring (bicyclic) bond motifs is 1. The summed E-state index contributed by atoms with van der Waals surface area (Å²) in [5, 5.41) is 22.9. The zero-order valence-corrected chi connectivity index (χ0v) is 15.8. The molecule has 3 heterocycles. The van der Waals surface area contributed by atoms with Crippen LogP contribution in [0.25, 0.3) is 22.2 Å². The maximum atomic E-state index is 12.6. The molecule has 3 rings (SSSR count). The van der Waals surface area contributed by atoms with E-state index >= 15 is 0 Å². The first-order valence-corrected chi connectivity index (χ1v) is 8.63. The minimum Gasteiger partial charge on any atom is -0.394 e. The highest BCUT2D eigenvalue weighted by molar-refractivity contribution is 5.91. The second-order valence-corrected chi connectivity index (χ2v) is 7.13. The second kappa shape index (κ2) is 7.05. The first-order valence-electron chi connectivity index (χ1n) is 8.63. The summed E-state index contributed by atoms with van der Waals surface area (Å²) in [5.41, 5.74) is 1.11. The summed E-state index contributed by atoms with van der Waals surface area (Å²) in [6.45, 7) is 5.03. The minimum atomic E-state index is -1.04. The number of anilines is 1. The van der Waals surface area contributed by atoms with Gasteiger partial charge in [0, 0.05) is 24.8 Å². The molecule has 0 aliphatic carbocycles. The number of pyridine rings is 2. The van der Waals surface area contributed by atoms with Crippen LogP contribution < -0.4 is 10.9 Å². The van der Waals surface area contributed by atoms with Crippen molar-refractivity contribution >= 4 is 16.7 Å². The van der Waals surface area contributed by atoms with Crippen LogP contribution in [0.2, 0.25) is 0 Å². The molecule has 0 spiro atoms. The monoisotopic (exact) mass is 369 g/mol. The Morgan fingerprint density at radius 1 is 1.30 bits per heavy atom. The fourth-order valence-corrected chi connectivity index (χ4v) is 2.66. The number of aryl methyl sites for hydroxylation is 1. The highest BCUT2D eigenvalue weighted by Crippen LogP contribution is 2.26. The molecule has 0 aliphatic rings. The Balaban J connectivity index is 2.17. The van der Waals surface area contributed by atoms with Crippen LogP contribution in [0, 0.1) is 0 Å². The second-order valence-electron chi connectivity index (χ2n) is 7.13. The average Bonchev–Trinajstić information content (AvgIpc) is 2.63. The van der Waals surface area contributed by atoms with Gasteiger partial charge >= 0.3 is 0 Å². The van der Waals surface area contributed by atoms with Crippen molar-refractivity contribution in [2.45, 2.75) is 32.4 Å². The lowest BCUT2D eigenvalue weighted by Crippen LogP contribution is -2.24. The summed E-state index contributed by atoms with van der Waals surface area (Å²) in [6, 6.07) is 5.00. The van der Waals surface area contributed by atoms with Crippen molar-refractivity contribution in [1.29, 1.82) is 0 Å². The first-order chi connectivity index (χ1) is 12.7. The highest BCUT2D eigenvalue weighted by Gasteiger charge is 2.18. The van der Waals surface area contributed by atoms with Gasteiger partial charge < -0.3 is 20.1 Å². The van der Waals surface area contributed by atoms with E-state index in [9.17, 15) is 15.0 Å². The molecule has 142 valence electrons. The molecule has 0 aromatic carbocycles. The van der Waals surface area contributed by atoms with Gasteiger partial charge in [0.1, 0.15) is 16.8 Å². The molecule has 3 aromatic rings.